The number of rotatable bonds is 2. The lowest BCUT2D eigenvalue weighted by molar-refractivity contribution is 0.410. The summed E-state index contributed by atoms with van der Waals surface area (Å²) in [5.74, 6) is 1.33. The van der Waals surface area contributed by atoms with Crippen molar-refractivity contribution < 1.29 is 0 Å². The molecular formula is C45H31N3S2. The monoisotopic (exact) mass is 677 g/mol. The molecule has 0 saturated carbocycles. The summed E-state index contributed by atoms with van der Waals surface area (Å²) in [6.07, 6.45) is 9.15. The van der Waals surface area contributed by atoms with Crippen molar-refractivity contribution in [3.05, 3.63) is 168 Å². The number of allylic oxidation sites excluding steroid dienone is 3. The Morgan fingerprint density at radius 2 is 1.48 bits per heavy atom. The highest BCUT2D eigenvalue weighted by Crippen LogP contribution is 2.53. The minimum absolute atomic E-state index is 0.0371. The van der Waals surface area contributed by atoms with E-state index in [1.54, 1.807) is 0 Å². The standard InChI is InChI=1S/C45H31N3S2/c1-47-41(27-12-3-2-4-13-27)35-16-5-8-19-37(35)46-45(47)48-38-25-22-28(29-17-11-18-33-30-14-6-9-20-39(30)49-43(29)33)26-36(38)32-23-24-34-31-15-7-10-21-40(31)50-44(34)42(32)48/h2-26,31,40-41H,1H3. The van der Waals surface area contributed by atoms with Gasteiger partial charge in [-0.15, -0.1) is 23.1 Å². The van der Waals surface area contributed by atoms with Crippen molar-refractivity contribution in [1.29, 1.82) is 0 Å². The van der Waals surface area contributed by atoms with E-state index in [1.165, 1.54) is 74.7 Å². The maximum atomic E-state index is 5.48. The molecule has 8 aromatic rings. The molecule has 6 aromatic carbocycles. The zero-order valence-corrected chi connectivity index (χ0v) is 29.0. The van der Waals surface area contributed by atoms with Crippen LogP contribution in [-0.4, -0.2) is 27.7 Å². The van der Waals surface area contributed by atoms with Crippen molar-refractivity contribution in [2.45, 2.75) is 22.1 Å². The van der Waals surface area contributed by atoms with E-state index in [-0.39, 0.29) is 6.04 Å². The summed E-state index contributed by atoms with van der Waals surface area (Å²) >= 11 is 3.89. The van der Waals surface area contributed by atoms with E-state index in [0.29, 0.717) is 11.2 Å². The molecule has 3 atom stereocenters. The van der Waals surface area contributed by atoms with Crippen LogP contribution in [0.25, 0.3) is 53.1 Å². The summed E-state index contributed by atoms with van der Waals surface area (Å²) in [4.78, 5) is 9.23. The molecule has 3 unspecified atom stereocenters. The first-order valence-electron chi connectivity index (χ1n) is 17.2. The first-order chi connectivity index (χ1) is 24.7. The van der Waals surface area contributed by atoms with E-state index in [0.717, 1.165) is 11.6 Å². The molecule has 4 heterocycles. The molecule has 238 valence electrons. The largest absolute Gasteiger partial charge is 0.334 e. The van der Waals surface area contributed by atoms with Crippen LogP contribution in [0.1, 0.15) is 28.7 Å². The van der Waals surface area contributed by atoms with Crippen LogP contribution < -0.4 is 0 Å². The van der Waals surface area contributed by atoms with E-state index in [2.05, 4.69) is 168 Å². The number of hydrogen-bond donors (Lipinski definition) is 0. The van der Waals surface area contributed by atoms with Crippen LogP contribution in [0.15, 0.2) is 162 Å². The molecule has 2 aliphatic heterocycles. The number of hydrogen-bond acceptors (Lipinski definition) is 4. The topological polar surface area (TPSA) is 20.5 Å². The summed E-state index contributed by atoms with van der Waals surface area (Å²) in [6, 6.07) is 46.9. The highest BCUT2D eigenvalue weighted by Gasteiger charge is 2.36. The van der Waals surface area contributed by atoms with Gasteiger partial charge in [0.05, 0.1) is 22.8 Å². The number of thioether (sulfide) groups is 1. The van der Waals surface area contributed by atoms with E-state index < -0.39 is 0 Å². The van der Waals surface area contributed by atoms with Crippen LogP contribution >= 0.6 is 23.1 Å². The lowest BCUT2D eigenvalue weighted by Crippen LogP contribution is -2.38. The molecule has 11 rings (SSSR count). The lowest BCUT2D eigenvalue weighted by Gasteiger charge is -2.36. The van der Waals surface area contributed by atoms with Gasteiger partial charge in [0.25, 0.3) is 0 Å². The number of aromatic nitrogens is 1. The Labute approximate surface area is 298 Å². The van der Waals surface area contributed by atoms with Gasteiger partial charge in [-0.2, -0.15) is 0 Å². The molecule has 2 aromatic heterocycles. The molecule has 0 N–H and O–H groups in total. The normalized spacial score (nSPS) is 19.3. The van der Waals surface area contributed by atoms with E-state index >= 15 is 0 Å². The third kappa shape index (κ3) is 4.02. The number of nitrogens with zero attached hydrogens (tertiary/aromatic N) is 3. The molecule has 1 aliphatic carbocycles. The molecular weight excluding hydrogens is 647 g/mol. The van der Waals surface area contributed by atoms with E-state index in [9.17, 15) is 0 Å². The zero-order valence-electron chi connectivity index (χ0n) is 27.3. The van der Waals surface area contributed by atoms with Gasteiger partial charge in [-0.1, -0.05) is 127 Å². The number of aliphatic imine (C=N–C) groups is 1. The summed E-state index contributed by atoms with van der Waals surface area (Å²) in [5, 5.41) is 5.58. The van der Waals surface area contributed by atoms with Gasteiger partial charge < -0.3 is 4.90 Å². The second-order valence-electron chi connectivity index (χ2n) is 13.5. The second kappa shape index (κ2) is 10.8. The fourth-order valence-corrected chi connectivity index (χ4v) is 11.2. The quantitative estimate of drug-likeness (QED) is 0.182. The van der Waals surface area contributed by atoms with Gasteiger partial charge in [0.1, 0.15) is 0 Å². The van der Waals surface area contributed by atoms with Crippen molar-refractivity contribution in [2.75, 3.05) is 7.05 Å². The third-order valence-corrected chi connectivity index (χ3v) is 13.4. The minimum atomic E-state index is 0.0371. The van der Waals surface area contributed by atoms with Crippen LogP contribution in [0.3, 0.4) is 0 Å². The van der Waals surface area contributed by atoms with Crippen molar-refractivity contribution >= 4 is 76.7 Å². The van der Waals surface area contributed by atoms with E-state index in [1.807, 2.05) is 23.1 Å². The Morgan fingerprint density at radius 3 is 2.42 bits per heavy atom. The molecule has 3 aliphatic rings. The second-order valence-corrected chi connectivity index (χ2v) is 15.7. The van der Waals surface area contributed by atoms with Crippen LogP contribution in [0, 0.1) is 0 Å². The van der Waals surface area contributed by atoms with Gasteiger partial charge in [0.2, 0.25) is 5.96 Å². The lowest BCUT2D eigenvalue weighted by atomic mass is 9.92. The average molecular weight is 678 g/mol. The maximum absolute atomic E-state index is 5.48. The zero-order chi connectivity index (χ0) is 32.9. The van der Waals surface area contributed by atoms with Crippen LogP contribution in [-0.2, 0) is 0 Å². The Morgan fingerprint density at radius 1 is 0.660 bits per heavy atom. The number of thiophene rings is 1. The predicted octanol–water partition coefficient (Wildman–Crippen LogP) is 12.1. The molecule has 0 saturated heterocycles. The molecule has 0 radical (unpaired) electrons. The average Bonchev–Trinajstić information content (AvgIpc) is 3.84. The SMILES string of the molecule is CN1C(n2c3ccc(-c4cccc5c4sc4ccccc45)cc3c3ccc4c(c32)SC2C=CC=CC42)=Nc2ccccc2C1c1ccccc1. The molecule has 3 nitrogen and oxygen atoms in total. The highest BCUT2D eigenvalue weighted by molar-refractivity contribution is 8.00. The highest BCUT2D eigenvalue weighted by atomic mass is 32.2. The van der Waals surface area contributed by atoms with Crippen LogP contribution in [0.4, 0.5) is 5.69 Å². The van der Waals surface area contributed by atoms with Crippen molar-refractivity contribution in [1.82, 2.24) is 9.47 Å². The maximum Gasteiger partial charge on any atom is 0.211 e. The van der Waals surface area contributed by atoms with Crippen LogP contribution in [0.2, 0.25) is 0 Å². The molecule has 0 spiro atoms. The third-order valence-electron chi connectivity index (χ3n) is 10.8. The predicted molar refractivity (Wildman–Crippen MR) is 213 cm³/mol. The Hall–Kier alpha value is -5.36. The van der Waals surface area contributed by atoms with Gasteiger partial charge in [0.15, 0.2) is 0 Å². The number of fused-ring (bicyclic) bond motifs is 11. The number of benzene rings is 6. The molecule has 0 fully saturated rings. The minimum Gasteiger partial charge on any atom is -0.334 e. The summed E-state index contributed by atoms with van der Waals surface area (Å²) in [6.45, 7) is 0. The van der Waals surface area contributed by atoms with Gasteiger partial charge in [-0.3, -0.25) is 4.57 Å². The Kier molecular flexibility index (Phi) is 6.16. The van der Waals surface area contributed by atoms with Gasteiger partial charge in [0, 0.05) is 59.6 Å². The first-order valence-corrected chi connectivity index (χ1v) is 18.9. The smallest absolute Gasteiger partial charge is 0.211 e. The molecule has 0 bridgehead atoms. The molecule has 50 heavy (non-hydrogen) atoms. The Bertz CT molecular complexity index is 2780. The van der Waals surface area contributed by atoms with E-state index in [4.69, 9.17) is 4.99 Å². The fourth-order valence-electron chi connectivity index (χ4n) is 8.52. The van der Waals surface area contributed by atoms with Crippen molar-refractivity contribution in [3.8, 4) is 11.1 Å². The summed E-state index contributed by atoms with van der Waals surface area (Å²) in [5.41, 5.74) is 9.89. The van der Waals surface area contributed by atoms with Crippen LogP contribution in [0.5, 0.6) is 0 Å². The fraction of sp³-hybridized carbons (Fsp3) is 0.0889. The number of para-hydroxylation sites is 1. The van der Waals surface area contributed by atoms with Crippen molar-refractivity contribution in [2.24, 2.45) is 4.99 Å². The summed E-state index contributed by atoms with van der Waals surface area (Å²) in [7, 11) is 2.21. The van der Waals surface area contributed by atoms with Gasteiger partial charge in [-0.25, -0.2) is 4.99 Å². The summed E-state index contributed by atoms with van der Waals surface area (Å²) < 4.78 is 5.14. The molecule has 5 heteroatoms. The first kappa shape index (κ1) is 28.5. The molecule has 0 amide bonds. The Balaban J connectivity index is 1.20. The van der Waals surface area contributed by atoms with Crippen molar-refractivity contribution in [3.63, 3.8) is 0 Å². The van der Waals surface area contributed by atoms with Gasteiger partial charge in [-0.05, 0) is 46.5 Å². The van der Waals surface area contributed by atoms with Gasteiger partial charge >= 0.3 is 0 Å².